The van der Waals surface area contributed by atoms with Crippen molar-refractivity contribution in [2.75, 3.05) is 17.6 Å². The number of sulfonamides is 1. The van der Waals surface area contributed by atoms with E-state index in [1.165, 1.54) is 12.1 Å². The fraction of sp³-hybridized carbons (Fsp3) is 0.529. The molecule has 26 heavy (non-hydrogen) atoms. The van der Waals surface area contributed by atoms with Gasteiger partial charge in [0, 0.05) is 18.2 Å². The molecule has 2 N–H and O–H groups in total. The Morgan fingerprint density at radius 3 is 2.50 bits per heavy atom. The molecule has 0 amide bonds. The number of hydrogen-bond acceptors (Lipinski definition) is 6. The second-order valence-corrected chi connectivity index (χ2v) is 8.63. The van der Waals surface area contributed by atoms with Crippen molar-refractivity contribution in [2.45, 2.75) is 38.6 Å². The van der Waals surface area contributed by atoms with Crippen molar-refractivity contribution in [1.82, 2.24) is 14.9 Å². The number of aromatic nitrogens is 2. The first kappa shape index (κ1) is 18.8. The van der Waals surface area contributed by atoms with Crippen molar-refractivity contribution in [3.8, 4) is 11.5 Å². The summed E-state index contributed by atoms with van der Waals surface area (Å²) in [7, 11) is -3.13. The largest absolute Gasteiger partial charge is 0.403 e. The normalized spacial score (nSPS) is 20.8. The van der Waals surface area contributed by atoms with Crippen LogP contribution in [0, 0.1) is 11.7 Å². The van der Waals surface area contributed by atoms with Crippen LogP contribution in [0.15, 0.2) is 28.7 Å². The van der Waals surface area contributed by atoms with Gasteiger partial charge in [-0.2, -0.15) is 0 Å². The molecule has 3 rings (SSSR count). The Hall–Kier alpha value is -2.00. The highest BCUT2D eigenvalue weighted by molar-refractivity contribution is 7.89. The molecule has 0 atom stereocenters. The van der Waals surface area contributed by atoms with E-state index in [-0.39, 0.29) is 17.6 Å². The molecule has 0 saturated heterocycles. The van der Waals surface area contributed by atoms with E-state index in [1.807, 2.05) is 0 Å². The van der Waals surface area contributed by atoms with Gasteiger partial charge in [0.2, 0.25) is 15.9 Å². The molecule has 0 spiro atoms. The first-order valence-electron chi connectivity index (χ1n) is 8.78. The minimum Gasteiger partial charge on any atom is -0.403 e. The van der Waals surface area contributed by atoms with Gasteiger partial charge in [0.1, 0.15) is 5.82 Å². The minimum atomic E-state index is -3.13. The molecule has 0 radical (unpaired) electrons. The number of halogens is 1. The number of anilines is 1. The molecule has 1 saturated carbocycles. The summed E-state index contributed by atoms with van der Waals surface area (Å²) in [6.45, 7) is 2.13. The van der Waals surface area contributed by atoms with Gasteiger partial charge in [-0.3, -0.25) is 0 Å². The molecule has 0 bridgehead atoms. The van der Waals surface area contributed by atoms with Crippen LogP contribution < -0.4 is 10.0 Å². The minimum absolute atomic E-state index is 0.109. The summed E-state index contributed by atoms with van der Waals surface area (Å²) in [5.41, 5.74) is 0.666. The third-order valence-corrected chi connectivity index (χ3v) is 6.03. The van der Waals surface area contributed by atoms with Gasteiger partial charge in [0.25, 0.3) is 0 Å². The van der Waals surface area contributed by atoms with E-state index >= 15 is 0 Å². The summed E-state index contributed by atoms with van der Waals surface area (Å²) in [6.07, 6.45) is 3.69. The molecule has 142 valence electrons. The van der Waals surface area contributed by atoms with Crippen LogP contribution in [-0.2, 0) is 10.0 Å². The molecule has 7 nitrogen and oxygen atoms in total. The Balaban J connectivity index is 1.48. The van der Waals surface area contributed by atoms with Crippen molar-refractivity contribution in [3.63, 3.8) is 0 Å². The van der Waals surface area contributed by atoms with Gasteiger partial charge in [-0.25, -0.2) is 17.5 Å². The molecule has 1 aliphatic carbocycles. The van der Waals surface area contributed by atoms with Crippen LogP contribution >= 0.6 is 0 Å². The van der Waals surface area contributed by atoms with E-state index in [4.69, 9.17) is 4.42 Å². The number of nitrogens with zero attached hydrogens (tertiary/aromatic N) is 2. The highest BCUT2D eigenvalue weighted by Crippen LogP contribution is 2.27. The summed E-state index contributed by atoms with van der Waals surface area (Å²) >= 11 is 0. The Morgan fingerprint density at radius 2 is 1.85 bits per heavy atom. The van der Waals surface area contributed by atoms with E-state index in [2.05, 4.69) is 20.2 Å². The first-order chi connectivity index (χ1) is 12.4. The second-order valence-electron chi connectivity index (χ2n) is 6.53. The van der Waals surface area contributed by atoms with E-state index in [0.29, 0.717) is 29.9 Å². The van der Waals surface area contributed by atoms with Gasteiger partial charge in [-0.05, 0) is 62.8 Å². The monoisotopic (exact) mass is 382 g/mol. The standard InChI is InChI=1S/C17H23FN4O3S/c1-2-26(23,24)19-11-12-3-9-15(10-4-12)20-17-22-21-16(25-17)13-5-7-14(18)8-6-13/h5-8,12,15,19H,2-4,9-11H2,1H3,(H,20,22). The van der Waals surface area contributed by atoms with Crippen LogP contribution in [0.1, 0.15) is 32.6 Å². The van der Waals surface area contributed by atoms with Crippen molar-refractivity contribution in [1.29, 1.82) is 0 Å². The molecule has 1 aromatic heterocycles. The van der Waals surface area contributed by atoms with Gasteiger partial charge >= 0.3 is 6.01 Å². The third kappa shape index (κ3) is 5.01. The molecule has 2 aromatic rings. The second kappa shape index (κ2) is 8.13. The van der Waals surface area contributed by atoms with Crippen molar-refractivity contribution in [2.24, 2.45) is 5.92 Å². The van der Waals surface area contributed by atoms with Crippen LogP contribution in [0.5, 0.6) is 0 Å². The Morgan fingerprint density at radius 1 is 1.15 bits per heavy atom. The lowest BCUT2D eigenvalue weighted by Gasteiger charge is -2.28. The average molecular weight is 382 g/mol. The molecule has 1 fully saturated rings. The Kier molecular flexibility index (Phi) is 5.87. The first-order valence-corrected chi connectivity index (χ1v) is 10.4. The fourth-order valence-electron chi connectivity index (χ4n) is 3.02. The van der Waals surface area contributed by atoms with Gasteiger partial charge in [0.05, 0.1) is 5.75 Å². The molecule has 0 unspecified atom stereocenters. The lowest BCUT2D eigenvalue weighted by Crippen LogP contribution is -2.34. The number of benzene rings is 1. The van der Waals surface area contributed by atoms with E-state index in [9.17, 15) is 12.8 Å². The summed E-state index contributed by atoms with van der Waals surface area (Å²) in [6, 6.07) is 6.45. The van der Waals surface area contributed by atoms with Crippen molar-refractivity contribution in [3.05, 3.63) is 30.1 Å². The maximum absolute atomic E-state index is 13.0. The fourth-order valence-corrected chi connectivity index (χ4v) is 3.72. The van der Waals surface area contributed by atoms with Crippen LogP contribution in [0.3, 0.4) is 0 Å². The number of nitrogens with one attached hydrogen (secondary N) is 2. The summed E-state index contributed by atoms with van der Waals surface area (Å²) in [5.74, 6) is 0.490. The van der Waals surface area contributed by atoms with Gasteiger partial charge in [-0.1, -0.05) is 5.10 Å². The van der Waals surface area contributed by atoms with Crippen LogP contribution in [0.4, 0.5) is 10.4 Å². The quantitative estimate of drug-likeness (QED) is 0.764. The number of hydrogen-bond donors (Lipinski definition) is 2. The van der Waals surface area contributed by atoms with Crippen LogP contribution in [0.2, 0.25) is 0 Å². The highest BCUT2D eigenvalue weighted by Gasteiger charge is 2.23. The maximum atomic E-state index is 13.0. The van der Waals surface area contributed by atoms with E-state index < -0.39 is 10.0 Å². The van der Waals surface area contributed by atoms with Crippen molar-refractivity contribution < 1.29 is 17.2 Å². The lowest BCUT2D eigenvalue weighted by molar-refractivity contribution is 0.334. The molecule has 0 aliphatic heterocycles. The molecular formula is C17H23FN4O3S. The predicted molar refractivity (Wildman–Crippen MR) is 96.5 cm³/mol. The molecule has 1 aromatic carbocycles. The zero-order chi connectivity index (χ0) is 18.6. The molecule has 1 aliphatic rings. The smallest absolute Gasteiger partial charge is 0.315 e. The molecular weight excluding hydrogens is 359 g/mol. The topological polar surface area (TPSA) is 97.1 Å². The lowest BCUT2D eigenvalue weighted by atomic mass is 9.86. The zero-order valence-electron chi connectivity index (χ0n) is 14.6. The maximum Gasteiger partial charge on any atom is 0.315 e. The van der Waals surface area contributed by atoms with E-state index in [0.717, 1.165) is 25.7 Å². The van der Waals surface area contributed by atoms with Gasteiger partial charge in [-0.15, -0.1) is 5.10 Å². The van der Waals surface area contributed by atoms with Crippen LogP contribution in [-0.4, -0.2) is 37.0 Å². The summed E-state index contributed by atoms with van der Waals surface area (Å²) in [5, 5.41) is 11.2. The summed E-state index contributed by atoms with van der Waals surface area (Å²) < 4.78 is 44.2. The highest BCUT2D eigenvalue weighted by atomic mass is 32.2. The van der Waals surface area contributed by atoms with Crippen molar-refractivity contribution >= 4 is 16.0 Å². The Labute approximate surface area is 152 Å². The zero-order valence-corrected chi connectivity index (χ0v) is 15.4. The van der Waals surface area contributed by atoms with E-state index in [1.54, 1.807) is 19.1 Å². The number of rotatable bonds is 7. The predicted octanol–water partition coefficient (Wildman–Crippen LogP) is 2.79. The van der Waals surface area contributed by atoms with Gasteiger partial charge in [0.15, 0.2) is 0 Å². The molecule has 9 heteroatoms. The van der Waals surface area contributed by atoms with Crippen LogP contribution in [0.25, 0.3) is 11.5 Å². The third-order valence-electron chi connectivity index (χ3n) is 4.66. The average Bonchev–Trinajstić information content (AvgIpc) is 3.10. The van der Waals surface area contributed by atoms with Gasteiger partial charge < -0.3 is 9.73 Å². The Bertz CT molecular complexity index is 815. The molecule has 1 heterocycles. The summed E-state index contributed by atoms with van der Waals surface area (Å²) in [4.78, 5) is 0. The SMILES string of the molecule is CCS(=O)(=O)NCC1CCC(Nc2nnc(-c3ccc(F)cc3)o2)CC1.